The van der Waals surface area contributed by atoms with Crippen LogP contribution >= 0.6 is 0 Å². The van der Waals surface area contributed by atoms with Crippen molar-refractivity contribution >= 4 is 0 Å². The second kappa shape index (κ2) is 6.24. The van der Waals surface area contributed by atoms with Gasteiger partial charge in [-0.1, -0.05) is 11.2 Å². The predicted molar refractivity (Wildman–Crippen MR) is 71.3 cm³/mol. The highest BCUT2D eigenvalue weighted by Gasteiger charge is 2.05. The maximum Gasteiger partial charge on any atom is 0.133 e. The fraction of sp³-hybridized carbons (Fsp3) is 0.357. The number of ether oxygens (including phenoxy) is 2. The minimum absolute atomic E-state index is 0.659. The Morgan fingerprint density at radius 1 is 1.16 bits per heavy atom. The van der Waals surface area contributed by atoms with E-state index < -0.39 is 0 Å². The number of rotatable bonds is 6. The van der Waals surface area contributed by atoms with E-state index in [2.05, 4.69) is 10.5 Å². The summed E-state index contributed by atoms with van der Waals surface area (Å²) in [7, 11) is 3.29. The van der Waals surface area contributed by atoms with Gasteiger partial charge in [0.2, 0.25) is 0 Å². The SMILES string of the molecule is COc1ccc(CNCc2cc(C)on2)c(OC)c1. The molecule has 0 spiro atoms. The molecule has 5 nitrogen and oxygen atoms in total. The topological polar surface area (TPSA) is 56.5 Å². The number of nitrogens with one attached hydrogen (secondary N) is 1. The molecule has 0 atom stereocenters. The molecule has 2 rings (SSSR count). The van der Waals surface area contributed by atoms with Crippen LogP contribution in [0, 0.1) is 6.92 Å². The molecule has 0 unspecified atom stereocenters. The quantitative estimate of drug-likeness (QED) is 0.865. The van der Waals surface area contributed by atoms with E-state index in [1.54, 1.807) is 14.2 Å². The Labute approximate surface area is 112 Å². The molecule has 102 valence electrons. The van der Waals surface area contributed by atoms with Crippen LogP contribution in [0.25, 0.3) is 0 Å². The van der Waals surface area contributed by atoms with Crippen molar-refractivity contribution in [1.82, 2.24) is 10.5 Å². The average Bonchev–Trinajstić information content (AvgIpc) is 2.84. The summed E-state index contributed by atoms with van der Waals surface area (Å²) in [4.78, 5) is 0. The number of nitrogens with zero attached hydrogens (tertiary/aromatic N) is 1. The number of hydrogen-bond donors (Lipinski definition) is 1. The molecule has 2 aromatic rings. The molecule has 0 amide bonds. The van der Waals surface area contributed by atoms with E-state index >= 15 is 0 Å². The monoisotopic (exact) mass is 262 g/mol. The summed E-state index contributed by atoms with van der Waals surface area (Å²) in [6.45, 7) is 3.23. The molecule has 0 saturated carbocycles. The largest absolute Gasteiger partial charge is 0.497 e. The molecule has 1 aromatic heterocycles. The highest BCUT2D eigenvalue weighted by molar-refractivity contribution is 5.40. The van der Waals surface area contributed by atoms with Crippen LogP contribution in [0.3, 0.4) is 0 Å². The minimum atomic E-state index is 0.659. The number of benzene rings is 1. The molecule has 0 aliphatic rings. The molecule has 0 bridgehead atoms. The Hall–Kier alpha value is -2.01. The van der Waals surface area contributed by atoms with Gasteiger partial charge in [0.25, 0.3) is 0 Å². The molecular formula is C14H18N2O3. The zero-order valence-corrected chi connectivity index (χ0v) is 11.4. The van der Waals surface area contributed by atoms with Gasteiger partial charge in [-0.3, -0.25) is 0 Å². The standard InChI is InChI=1S/C14H18N2O3/c1-10-6-12(16-19-10)9-15-8-11-4-5-13(17-2)7-14(11)18-3/h4-7,15H,8-9H2,1-3H3. The van der Waals surface area contributed by atoms with E-state index in [0.717, 1.165) is 28.5 Å². The summed E-state index contributed by atoms with van der Waals surface area (Å²) in [5.74, 6) is 2.41. The smallest absolute Gasteiger partial charge is 0.133 e. The van der Waals surface area contributed by atoms with Crippen molar-refractivity contribution in [3.05, 3.63) is 41.3 Å². The van der Waals surface area contributed by atoms with Crippen LogP contribution in [0.1, 0.15) is 17.0 Å². The minimum Gasteiger partial charge on any atom is -0.497 e. The number of aromatic nitrogens is 1. The van der Waals surface area contributed by atoms with E-state index in [0.29, 0.717) is 13.1 Å². The van der Waals surface area contributed by atoms with Crippen LogP contribution in [0.15, 0.2) is 28.8 Å². The second-order valence-electron chi connectivity index (χ2n) is 4.21. The molecule has 19 heavy (non-hydrogen) atoms. The lowest BCUT2D eigenvalue weighted by Crippen LogP contribution is -2.13. The fourth-order valence-corrected chi connectivity index (χ4v) is 1.82. The molecule has 1 N–H and O–H groups in total. The van der Waals surface area contributed by atoms with E-state index in [-0.39, 0.29) is 0 Å². The summed E-state index contributed by atoms with van der Waals surface area (Å²) in [6.07, 6.45) is 0. The summed E-state index contributed by atoms with van der Waals surface area (Å²) in [5, 5.41) is 7.23. The molecule has 0 radical (unpaired) electrons. The summed E-state index contributed by atoms with van der Waals surface area (Å²) in [5.41, 5.74) is 1.97. The number of aryl methyl sites for hydroxylation is 1. The van der Waals surface area contributed by atoms with Crippen LogP contribution in [-0.4, -0.2) is 19.4 Å². The molecular weight excluding hydrogens is 244 g/mol. The van der Waals surface area contributed by atoms with Crippen molar-refractivity contribution in [3.8, 4) is 11.5 Å². The molecule has 0 fully saturated rings. The lowest BCUT2D eigenvalue weighted by molar-refractivity contribution is 0.385. The average molecular weight is 262 g/mol. The Bertz CT molecular complexity index is 537. The van der Waals surface area contributed by atoms with Gasteiger partial charge in [0.05, 0.1) is 19.9 Å². The number of hydrogen-bond acceptors (Lipinski definition) is 5. The van der Waals surface area contributed by atoms with E-state index in [1.165, 1.54) is 0 Å². The van der Waals surface area contributed by atoms with Crippen molar-refractivity contribution in [2.24, 2.45) is 0 Å². The Morgan fingerprint density at radius 2 is 2.00 bits per heavy atom. The van der Waals surface area contributed by atoms with E-state index in [4.69, 9.17) is 14.0 Å². The summed E-state index contributed by atoms with van der Waals surface area (Å²) in [6, 6.07) is 7.69. The fourth-order valence-electron chi connectivity index (χ4n) is 1.82. The van der Waals surface area contributed by atoms with Gasteiger partial charge in [-0.15, -0.1) is 0 Å². The third-order valence-corrected chi connectivity index (χ3v) is 2.79. The van der Waals surface area contributed by atoms with Gasteiger partial charge in [-0.25, -0.2) is 0 Å². The zero-order chi connectivity index (χ0) is 13.7. The van der Waals surface area contributed by atoms with Gasteiger partial charge in [0, 0.05) is 30.8 Å². The highest BCUT2D eigenvalue weighted by atomic mass is 16.5. The van der Waals surface area contributed by atoms with Crippen LogP contribution in [-0.2, 0) is 13.1 Å². The van der Waals surface area contributed by atoms with Crippen LogP contribution in [0.2, 0.25) is 0 Å². The van der Waals surface area contributed by atoms with E-state index in [1.807, 2.05) is 31.2 Å². The van der Waals surface area contributed by atoms with Gasteiger partial charge >= 0.3 is 0 Å². The van der Waals surface area contributed by atoms with Gasteiger partial charge in [0.1, 0.15) is 17.3 Å². The van der Waals surface area contributed by atoms with Crippen molar-refractivity contribution in [2.75, 3.05) is 14.2 Å². The Kier molecular flexibility index (Phi) is 4.41. The van der Waals surface area contributed by atoms with E-state index in [9.17, 15) is 0 Å². The first kappa shape index (κ1) is 13.4. The van der Waals surface area contributed by atoms with Crippen molar-refractivity contribution in [2.45, 2.75) is 20.0 Å². The maximum atomic E-state index is 5.34. The molecule has 0 aliphatic heterocycles. The summed E-state index contributed by atoms with van der Waals surface area (Å²) >= 11 is 0. The Balaban J connectivity index is 1.95. The normalized spacial score (nSPS) is 10.5. The van der Waals surface area contributed by atoms with Crippen LogP contribution in [0.4, 0.5) is 0 Å². The lowest BCUT2D eigenvalue weighted by Gasteiger charge is -2.10. The maximum absolute atomic E-state index is 5.34. The zero-order valence-electron chi connectivity index (χ0n) is 11.4. The molecule has 1 aromatic carbocycles. The van der Waals surface area contributed by atoms with Crippen LogP contribution in [0.5, 0.6) is 11.5 Å². The first-order valence-corrected chi connectivity index (χ1v) is 6.06. The second-order valence-corrected chi connectivity index (χ2v) is 4.21. The third kappa shape index (κ3) is 3.48. The first-order chi connectivity index (χ1) is 9.22. The Morgan fingerprint density at radius 3 is 2.63 bits per heavy atom. The van der Waals surface area contributed by atoms with Gasteiger partial charge in [-0.05, 0) is 13.0 Å². The van der Waals surface area contributed by atoms with Crippen molar-refractivity contribution in [1.29, 1.82) is 0 Å². The molecule has 0 aliphatic carbocycles. The van der Waals surface area contributed by atoms with Gasteiger partial charge in [-0.2, -0.15) is 0 Å². The van der Waals surface area contributed by atoms with Crippen molar-refractivity contribution < 1.29 is 14.0 Å². The number of methoxy groups -OCH3 is 2. The predicted octanol–water partition coefficient (Wildman–Crippen LogP) is 2.29. The van der Waals surface area contributed by atoms with Crippen LogP contribution < -0.4 is 14.8 Å². The third-order valence-electron chi connectivity index (χ3n) is 2.79. The molecule has 0 saturated heterocycles. The first-order valence-electron chi connectivity index (χ1n) is 6.06. The summed E-state index contributed by atoms with van der Waals surface area (Å²) < 4.78 is 15.5. The highest BCUT2D eigenvalue weighted by Crippen LogP contribution is 2.24. The molecule has 1 heterocycles. The van der Waals surface area contributed by atoms with Gasteiger partial charge in [0.15, 0.2) is 0 Å². The van der Waals surface area contributed by atoms with Gasteiger partial charge < -0.3 is 19.3 Å². The molecule has 5 heteroatoms. The van der Waals surface area contributed by atoms with Crippen molar-refractivity contribution in [3.63, 3.8) is 0 Å². The lowest BCUT2D eigenvalue weighted by atomic mass is 10.2.